The molecule has 1 fully saturated rings. The van der Waals surface area contributed by atoms with E-state index < -0.39 is 0 Å². The van der Waals surface area contributed by atoms with Crippen molar-refractivity contribution < 1.29 is 9.53 Å². The highest BCUT2D eigenvalue weighted by Crippen LogP contribution is 2.30. The Labute approximate surface area is 125 Å². The molecule has 0 saturated heterocycles. The van der Waals surface area contributed by atoms with Crippen LogP contribution < -0.4 is 10.6 Å². The molecule has 0 atom stereocenters. The zero-order valence-electron chi connectivity index (χ0n) is 12.5. The van der Waals surface area contributed by atoms with Crippen LogP contribution in [0.15, 0.2) is 18.2 Å². The molecule has 112 valence electrons. The highest BCUT2D eigenvalue weighted by atomic mass is 16.5. The molecule has 2 N–H and O–H groups in total. The number of rotatable bonds is 4. The number of urea groups is 1. The number of nitrogens with zero attached hydrogens (tertiary/aromatic N) is 1. The van der Waals surface area contributed by atoms with Crippen LogP contribution in [0.2, 0.25) is 0 Å². The topological polar surface area (TPSA) is 74.2 Å². The van der Waals surface area contributed by atoms with E-state index in [0.29, 0.717) is 17.9 Å². The second-order valence-corrected chi connectivity index (χ2v) is 5.64. The van der Waals surface area contributed by atoms with Gasteiger partial charge in [-0.1, -0.05) is 18.9 Å². The van der Waals surface area contributed by atoms with Gasteiger partial charge in [-0.25, -0.2) is 4.79 Å². The third-order valence-corrected chi connectivity index (χ3v) is 3.98. The monoisotopic (exact) mass is 287 g/mol. The summed E-state index contributed by atoms with van der Waals surface area (Å²) in [6.07, 6.45) is 4.08. The zero-order valence-corrected chi connectivity index (χ0v) is 12.5. The summed E-state index contributed by atoms with van der Waals surface area (Å²) in [6.45, 7) is 2.40. The first-order chi connectivity index (χ1) is 10.1. The van der Waals surface area contributed by atoms with Gasteiger partial charge >= 0.3 is 6.03 Å². The number of amides is 2. The maximum absolute atomic E-state index is 12.2. The summed E-state index contributed by atoms with van der Waals surface area (Å²) >= 11 is 0. The van der Waals surface area contributed by atoms with Crippen molar-refractivity contribution in [1.82, 2.24) is 5.32 Å². The molecule has 0 aromatic heterocycles. The number of carbonyl (C=O) groups excluding carboxylic acids is 1. The lowest BCUT2D eigenvalue weighted by atomic mass is 9.99. The van der Waals surface area contributed by atoms with Gasteiger partial charge in [-0.2, -0.15) is 5.26 Å². The van der Waals surface area contributed by atoms with Gasteiger partial charge in [-0.15, -0.1) is 0 Å². The highest BCUT2D eigenvalue weighted by molar-refractivity contribution is 5.90. The molecule has 5 heteroatoms. The number of aryl methyl sites for hydroxylation is 1. The second-order valence-electron chi connectivity index (χ2n) is 5.64. The van der Waals surface area contributed by atoms with Gasteiger partial charge in [0.05, 0.1) is 23.8 Å². The van der Waals surface area contributed by atoms with Gasteiger partial charge in [0, 0.05) is 12.8 Å². The predicted octanol–water partition coefficient (Wildman–Crippen LogP) is 2.95. The van der Waals surface area contributed by atoms with Crippen molar-refractivity contribution in [3.8, 4) is 6.07 Å². The van der Waals surface area contributed by atoms with E-state index in [0.717, 1.165) is 31.2 Å². The molecule has 0 spiro atoms. The van der Waals surface area contributed by atoms with Crippen LogP contribution in [0.25, 0.3) is 0 Å². The summed E-state index contributed by atoms with van der Waals surface area (Å²) < 4.78 is 5.25. The van der Waals surface area contributed by atoms with Gasteiger partial charge in [0.15, 0.2) is 0 Å². The Balaban J connectivity index is 2.03. The van der Waals surface area contributed by atoms with Crippen LogP contribution in [0.4, 0.5) is 10.5 Å². The highest BCUT2D eigenvalue weighted by Gasteiger charge is 2.35. The number of benzene rings is 1. The predicted molar refractivity (Wildman–Crippen MR) is 81.1 cm³/mol. The molecule has 0 heterocycles. The molecular formula is C16H21N3O2. The number of methoxy groups -OCH3 is 1. The smallest absolute Gasteiger partial charge is 0.319 e. The fraction of sp³-hybridized carbons (Fsp3) is 0.500. The summed E-state index contributed by atoms with van der Waals surface area (Å²) in [5, 5.41) is 14.9. The Morgan fingerprint density at radius 2 is 2.14 bits per heavy atom. The van der Waals surface area contributed by atoms with E-state index in [9.17, 15) is 4.79 Å². The Hall–Kier alpha value is -2.06. The molecular weight excluding hydrogens is 266 g/mol. The van der Waals surface area contributed by atoms with Gasteiger partial charge in [0.2, 0.25) is 0 Å². The summed E-state index contributed by atoms with van der Waals surface area (Å²) in [5.74, 6) is 0. The molecule has 0 radical (unpaired) electrons. The van der Waals surface area contributed by atoms with Crippen LogP contribution >= 0.6 is 0 Å². The fourth-order valence-electron chi connectivity index (χ4n) is 2.86. The number of carbonyl (C=O) groups is 1. The number of hydrogen-bond donors (Lipinski definition) is 2. The van der Waals surface area contributed by atoms with Crippen molar-refractivity contribution in [1.29, 1.82) is 5.26 Å². The number of nitriles is 1. The van der Waals surface area contributed by atoms with E-state index in [1.165, 1.54) is 0 Å². The van der Waals surface area contributed by atoms with Crippen molar-refractivity contribution in [3.63, 3.8) is 0 Å². The quantitative estimate of drug-likeness (QED) is 0.894. The molecule has 2 rings (SSSR count). The lowest BCUT2D eigenvalue weighted by Crippen LogP contribution is -2.51. The van der Waals surface area contributed by atoms with Crippen molar-refractivity contribution in [2.45, 2.75) is 38.1 Å². The summed E-state index contributed by atoms with van der Waals surface area (Å²) in [7, 11) is 1.65. The third kappa shape index (κ3) is 3.73. The summed E-state index contributed by atoms with van der Waals surface area (Å²) in [4.78, 5) is 12.2. The molecule has 1 saturated carbocycles. The molecule has 1 aliphatic rings. The summed E-state index contributed by atoms with van der Waals surface area (Å²) in [6, 6.07) is 7.18. The van der Waals surface area contributed by atoms with E-state index >= 15 is 0 Å². The van der Waals surface area contributed by atoms with E-state index in [4.69, 9.17) is 10.00 Å². The molecule has 0 aliphatic heterocycles. The van der Waals surface area contributed by atoms with Crippen LogP contribution in [-0.2, 0) is 4.74 Å². The van der Waals surface area contributed by atoms with Crippen molar-refractivity contribution in [3.05, 3.63) is 29.3 Å². The molecule has 2 amide bonds. The van der Waals surface area contributed by atoms with Crippen LogP contribution in [-0.4, -0.2) is 25.3 Å². The first-order valence-corrected chi connectivity index (χ1v) is 7.17. The van der Waals surface area contributed by atoms with E-state index in [-0.39, 0.29) is 11.6 Å². The second kappa shape index (κ2) is 6.59. The van der Waals surface area contributed by atoms with Gasteiger partial charge in [-0.05, 0) is 37.5 Å². The number of anilines is 1. The van der Waals surface area contributed by atoms with Crippen molar-refractivity contribution in [2.24, 2.45) is 0 Å². The number of nitrogens with one attached hydrogen (secondary N) is 2. The number of ether oxygens (including phenoxy) is 1. The Bertz CT molecular complexity index is 557. The molecule has 1 aliphatic carbocycles. The van der Waals surface area contributed by atoms with Gasteiger partial charge in [0.1, 0.15) is 0 Å². The van der Waals surface area contributed by atoms with Crippen LogP contribution in [0.1, 0.15) is 36.8 Å². The Morgan fingerprint density at radius 3 is 2.76 bits per heavy atom. The minimum atomic E-state index is -0.262. The normalized spacial score (nSPS) is 16.2. The first kappa shape index (κ1) is 15.3. The van der Waals surface area contributed by atoms with Crippen molar-refractivity contribution in [2.75, 3.05) is 19.0 Å². The Morgan fingerprint density at radius 1 is 1.43 bits per heavy atom. The average Bonchev–Trinajstić information content (AvgIpc) is 2.89. The molecule has 0 bridgehead atoms. The average molecular weight is 287 g/mol. The van der Waals surface area contributed by atoms with E-state index in [1.807, 2.05) is 13.0 Å². The maximum Gasteiger partial charge on any atom is 0.319 e. The SMILES string of the molecule is COCC1(NC(=O)Nc2ccc(C)c(C#N)c2)CCCC1. The molecule has 1 aromatic carbocycles. The molecule has 1 aromatic rings. The third-order valence-electron chi connectivity index (χ3n) is 3.98. The Kier molecular flexibility index (Phi) is 4.81. The van der Waals surface area contributed by atoms with Gasteiger partial charge in [0.25, 0.3) is 0 Å². The van der Waals surface area contributed by atoms with Crippen LogP contribution in [0.5, 0.6) is 0 Å². The van der Waals surface area contributed by atoms with Gasteiger partial charge in [-0.3, -0.25) is 0 Å². The fourth-order valence-corrected chi connectivity index (χ4v) is 2.86. The van der Waals surface area contributed by atoms with E-state index in [1.54, 1.807) is 19.2 Å². The van der Waals surface area contributed by atoms with E-state index in [2.05, 4.69) is 16.7 Å². The lowest BCUT2D eigenvalue weighted by molar-refractivity contribution is 0.117. The summed E-state index contributed by atoms with van der Waals surface area (Å²) in [5.41, 5.74) is 1.83. The largest absolute Gasteiger partial charge is 0.382 e. The maximum atomic E-state index is 12.2. The number of hydrogen-bond acceptors (Lipinski definition) is 3. The molecule has 21 heavy (non-hydrogen) atoms. The first-order valence-electron chi connectivity index (χ1n) is 7.17. The van der Waals surface area contributed by atoms with Crippen molar-refractivity contribution >= 4 is 11.7 Å². The van der Waals surface area contributed by atoms with Gasteiger partial charge < -0.3 is 15.4 Å². The molecule has 0 unspecified atom stereocenters. The standard InChI is InChI=1S/C16H21N3O2/c1-12-5-6-14(9-13(12)10-17)18-15(20)19-16(11-21-2)7-3-4-8-16/h5-6,9H,3-4,7-8,11H2,1-2H3,(H2,18,19,20). The van der Waals surface area contributed by atoms with Crippen LogP contribution in [0.3, 0.4) is 0 Å². The minimum Gasteiger partial charge on any atom is -0.382 e. The lowest BCUT2D eigenvalue weighted by Gasteiger charge is -2.29. The molecule has 5 nitrogen and oxygen atoms in total. The zero-order chi connectivity index (χ0) is 15.3. The minimum absolute atomic E-state index is 0.248. The van der Waals surface area contributed by atoms with Crippen LogP contribution in [0, 0.1) is 18.3 Å².